The summed E-state index contributed by atoms with van der Waals surface area (Å²) in [6.07, 6.45) is -3.53. The highest BCUT2D eigenvalue weighted by molar-refractivity contribution is 6.09. The average molecular weight is 537 g/mol. The van der Waals surface area contributed by atoms with Crippen LogP contribution in [-0.4, -0.2) is 18.5 Å². The van der Waals surface area contributed by atoms with Crippen LogP contribution in [0.3, 0.4) is 0 Å². The Balaban J connectivity index is 1.69. The van der Waals surface area contributed by atoms with Crippen LogP contribution in [0.5, 0.6) is 5.75 Å². The molecule has 0 radical (unpaired) electrons. The van der Waals surface area contributed by atoms with Crippen molar-refractivity contribution in [3.63, 3.8) is 0 Å². The van der Waals surface area contributed by atoms with E-state index in [4.69, 9.17) is 13.9 Å². The van der Waals surface area contributed by atoms with Crippen LogP contribution in [0.25, 0.3) is 33.1 Å². The number of carbonyl (C=O) groups excluding carboxylic acids is 2. The van der Waals surface area contributed by atoms with Gasteiger partial charge < -0.3 is 13.9 Å². The van der Waals surface area contributed by atoms with Crippen LogP contribution in [0.2, 0.25) is 0 Å². The summed E-state index contributed by atoms with van der Waals surface area (Å²) in [6.45, 7) is 12.0. The summed E-state index contributed by atoms with van der Waals surface area (Å²) in [5.41, 5.74) is 1.24. The van der Waals surface area contributed by atoms with E-state index in [1.165, 1.54) is 19.1 Å². The molecule has 5 nitrogen and oxygen atoms in total. The second-order valence-electron chi connectivity index (χ2n) is 9.42. The van der Waals surface area contributed by atoms with Gasteiger partial charge in [-0.3, -0.25) is 0 Å². The molecule has 0 fully saturated rings. The molecule has 0 aliphatic rings. The zero-order valence-electron chi connectivity index (χ0n) is 21.8. The smallest absolute Gasteiger partial charge is 0.420 e. The molecule has 202 valence electrons. The molecule has 0 bridgehead atoms. The van der Waals surface area contributed by atoms with Crippen molar-refractivity contribution in [3.05, 3.63) is 89.5 Å². The number of rotatable bonds is 8. The molecule has 0 N–H and O–H groups in total. The Morgan fingerprint density at radius 2 is 1.49 bits per heavy atom. The third-order valence-electron chi connectivity index (χ3n) is 6.30. The summed E-state index contributed by atoms with van der Waals surface area (Å²) in [4.78, 5) is 23.5. The largest absolute Gasteiger partial charge is 0.462 e. The molecule has 1 aromatic heterocycles. The maximum absolute atomic E-state index is 14.5. The van der Waals surface area contributed by atoms with E-state index in [0.717, 1.165) is 5.56 Å². The Kier molecular flexibility index (Phi) is 7.67. The van der Waals surface area contributed by atoms with Gasteiger partial charge in [-0.25, -0.2) is 9.59 Å². The molecule has 1 heterocycles. The first-order valence-corrected chi connectivity index (χ1v) is 12.2. The monoisotopic (exact) mass is 536 g/mol. The lowest BCUT2D eigenvalue weighted by atomic mass is 9.95. The molecule has 0 saturated carbocycles. The fraction of sp³-hybridized carbons (Fsp3) is 0.226. The number of benzene rings is 3. The van der Waals surface area contributed by atoms with Crippen molar-refractivity contribution in [2.75, 3.05) is 6.61 Å². The van der Waals surface area contributed by atoms with Crippen molar-refractivity contribution in [1.82, 2.24) is 0 Å². The molecule has 8 heteroatoms. The van der Waals surface area contributed by atoms with Gasteiger partial charge in [-0.2, -0.15) is 13.2 Å². The molecular weight excluding hydrogens is 509 g/mol. The van der Waals surface area contributed by atoms with Gasteiger partial charge in [0.2, 0.25) is 0 Å². The average Bonchev–Trinajstić information content (AvgIpc) is 3.26. The Morgan fingerprint density at radius 3 is 2.10 bits per heavy atom. The predicted octanol–water partition coefficient (Wildman–Crippen LogP) is 8.11. The SMILES string of the molecule is C=C(C)C(=O)OCCCc1ccc(-c2ccc3c(oc4c(C)c(OC(=O)C(=C)C)ccc43)c2C(F)(F)F)cc1. The van der Waals surface area contributed by atoms with Gasteiger partial charge in [0, 0.05) is 27.5 Å². The van der Waals surface area contributed by atoms with Gasteiger partial charge in [-0.15, -0.1) is 0 Å². The molecule has 0 aliphatic carbocycles. The van der Waals surface area contributed by atoms with Gasteiger partial charge in [0.05, 0.1) is 6.61 Å². The van der Waals surface area contributed by atoms with E-state index in [-0.39, 0.29) is 34.7 Å². The van der Waals surface area contributed by atoms with Crippen LogP contribution in [0, 0.1) is 6.92 Å². The van der Waals surface area contributed by atoms with Gasteiger partial charge in [-0.05, 0) is 68.5 Å². The fourth-order valence-corrected chi connectivity index (χ4v) is 4.25. The van der Waals surface area contributed by atoms with Crippen LogP contribution in [0.15, 0.2) is 77.3 Å². The van der Waals surface area contributed by atoms with E-state index in [2.05, 4.69) is 13.2 Å². The number of furan rings is 1. The first-order valence-electron chi connectivity index (χ1n) is 12.2. The topological polar surface area (TPSA) is 65.7 Å². The van der Waals surface area contributed by atoms with Gasteiger partial charge in [-0.1, -0.05) is 43.5 Å². The third-order valence-corrected chi connectivity index (χ3v) is 6.30. The summed E-state index contributed by atoms with van der Waals surface area (Å²) in [6, 6.07) is 12.9. The number of hydrogen-bond donors (Lipinski definition) is 0. The second kappa shape index (κ2) is 10.8. The molecule has 0 saturated heterocycles. The lowest BCUT2D eigenvalue weighted by Gasteiger charge is -2.14. The van der Waals surface area contributed by atoms with Crippen molar-refractivity contribution in [2.24, 2.45) is 0 Å². The zero-order chi connectivity index (χ0) is 28.5. The molecular formula is C31H27F3O5. The molecule has 0 aliphatic heterocycles. The standard InChI is InChI=1S/C31H27F3O5/c1-17(2)29(35)37-16-6-7-20-8-10-21(11-9-20)22-12-13-24-23-14-15-25(38-30(36)18(3)4)19(5)27(23)39-28(24)26(22)31(32,33)34/h8-15H,1,3,6-7,16H2,2,4-5H3. The van der Waals surface area contributed by atoms with E-state index in [9.17, 15) is 22.8 Å². The maximum atomic E-state index is 14.5. The quantitative estimate of drug-likeness (QED) is 0.0985. The highest BCUT2D eigenvalue weighted by atomic mass is 19.4. The molecule has 3 aromatic carbocycles. The normalized spacial score (nSPS) is 11.5. The van der Waals surface area contributed by atoms with Crippen molar-refractivity contribution in [3.8, 4) is 16.9 Å². The van der Waals surface area contributed by atoms with Crippen LogP contribution in [0.4, 0.5) is 13.2 Å². The van der Waals surface area contributed by atoms with E-state index < -0.39 is 23.7 Å². The van der Waals surface area contributed by atoms with Gasteiger partial charge in [0.1, 0.15) is 22.5 Å². The number of ether oxygens (including phenoxy) is 2. The van der Waals surface area contributed by atoms with Gasteiger partial charge in [0.15, 0.2) is 0 Å². The summed E-state index contributed by atoms with van der Waals surface area (Å²) in [5.74, 6) is -0.901. The second-order valence-corrected chi connectivity index (χ2v) is 9.42. The maximum Gasteiger partial charge on any atom is 0.420 e. The first-order chi connectivity index (χ1) is 18.4. The zero-order valence-corrected chi connectivity index (χ0v) is 21.8. The minimum atomic E-state index is -4.70. The summed E-state index contributed by atoms with van der Waals surface area (Å²) in [7, 11) is 0. The van der Waals surface area contributed by atoms with Crippen molar-refractivity contribution < 1.29 is 36.7 Å². The first kappa shape index (κ1) is 27.7. The van der Waals surface area contributed by atoms with E-state index >= 15 is 0 Å². The molecule has 4 aromatic rings. The molecule has 39 heavy (non-hydrogen) atoms. The van der Waals surface area contributed by atoms with Gasteiger partial charge in [0.25, 0.3) is 0 Å². The fourth-order valence-electron chi connectivity index (χ4n) is 4.25. The number of fused-ring (bicyclic) bond motifs is 3. The van der Waals surface area contributed by atoms with E-state index in [0.29, 0.717) is 40.3 Å². The third kappa shape index (κ3) is 5.74. The number of halogens is 3. The van der Waals surface area contributed by atoms with E-state index in [1.807, 2.05) is 0 Å². The molecule has 0 unspecified atom stereocenters. The van der Waals surface area contributed by atoms with E-state index in [1.54, 1.807) is 50.2 Å². The number of hydrogen-bond acceptors (Lipinski definition) is 5. The Hall–Kier alpha value is -4.33. The Labute approximate surface area is 223 Å². The highest BCUT2D eigenvalue weighted by Crippen LogP contribution is 2.45. The highest BCUT2D eigenvalue weighted by Gasteiger charge is 2.38. The lowest BCUT2D eigenvalue weighted by molar-refractivity contribution is -0.139. The van der Waals surface area contributed by atoms with Crippen LogP contribution < -0.4 is 4.74 Å². The number of aryl methyl sites for hydroxylation is 2. The van der Waals surface area contributed by atoms with Crippen molar-refractivity contribution in [1.29, 1.82) is 0 Å². The van der Waals surface area contributed by atoms with Crippen LogP contribution >= 0.6 is 0 Å². The minimum absolute atomic E-state index is 0.0115. The number of alkyl halides is 3. The van der Waals surface area contributed by atoms with Crippen molar-refractivity contribution >= 4 is 33.9 Å². The molecule has 4 rings (SSSR count). The minimum Gasteiger partial charge on any atom is -0.462 e. The molecule has 0 atom stereocenters. The Bertz CT molecular complexity index is 1610. The number of carbonyl (C=O) groups is 2. The summed E-state index contributed by atoms with van der Waals surface area (Å²) < 4.78 is 59.6. The number of esters is 2. The van der Waals surface area contributed by atoms with Crippen LogP contribution in [-0.2, 0) is 26.9 Å². The summed E-state index contributed by atoms with van der Waals surface area (Å²) >= 11 is 0. The Morgan fingerprint density at radius 1 is 0.872 bits per heavy atom. The molecule has 0 amide bonds. The predicted molar refractivity (Wildman–Crippen MR) is 143 cm³/mol. The summed E-state index contributed by atoms with van der Waals surface area (Å²) in [5, 5.41) is 0.792. The van der Waals surface area contributed by atoms with Crippen molar-refractivity contribution in [2.45, 2.75) is 39.8 Å². The lowest BCUT2D eigenvalue weighted by Crippen LogP contribution is -2.08. The molecule has 0 spiro atoms. The van der Waals surface area contributed by atoms with Gasteiger partial charge >= 0.3 is 18.1 Å². The van der Waals surface area contributed by atoms with Crippen LogP contribution in [0.1, 0.15) is 37.0 Å².